The van der Waals surface area contributed by atoms with Crippen LogP contribution in [0.15, 0.2) is 11.4 Å². The quantitative estimate of drug-likeness (QED) is 0.770. The van der Waals surface area contributed by atoms with E-state index in [1.54, 1.807) is 11.4 Å². The maximum atomic E-state index is 11.4. The second kappa shape index (κ2) is 6.12. The van der Waals surface area contributed by atoms with Gasteiger partial charge >= 0.3 is 0 Å². The molecule has 0 aliphatic carbocycles. The fraction of sp³-hybridized carbons (Fsp3) is 0.500. The Hall–Kier alpha value is -0.940. The van der Waals surface area contributed by atoms with Crippen molar-refractivity contribution in [1.29, 1.82) is 5.26 Å². The van der Waals surface area contributed by atoms with Crippen LogP contribution in [0.25, 0.3) is 0 Å². The summed E-state index contributed by atoms with van der Waals surface area (Å²) in [5.74, 6) is 0.0798. The Morgan fingerprint density at radius 1 is 1.53 bits per heavy atom. The van der Waals surface area contributed by atoms with Gasteiger partial charge in [-0.3, -0.25) is 0 Å². The molecule has 0 spiro atoms. The number of hydrogen-bond donors (Lipinski definition) is 1. The van der Waals surface area contributed by atoms with Crippen molar-refractivity contribution in [2.45, 2.75) is 6.54 Å². The third-order valence-electron chi connectivity index (χ3n) is 2.18. The molecule has 5 nitrogen and oxygen atoms in total. The molecule has 17 heavy (non-hydrogen) atoms. The molecule has 0 aromatic carbocycles. The van der Waals surface area contributed by atoms with Gasteiger partial charge in [0.1, 0.15) is 6.07 Å². The fourth-order valence-corrected chi connectivity index (χ4v) is 2.67. The zero-order chi connectivity index (χ0) is 12.9. The lowest BCUT2D eigenvalue weighted by Crippen LogP contribution is -2.30. The highest BCUT2D eigenvalue weighted by molar-refractivity contribution is 7.89. The zero-order valence-corrected chi connectivity index (χ0v) is 11.4. The molecule has 1 N–H and O–H groups in total. The van der Waals surface area contributed by atoms with Crippen LogP contribution in [0.5, 0.6) is 0 Å². The highest BCUT2D eigenvalue weighted by atomic mass is 32.2. The minimum absolute atomic E-state index is 0.0798. The third kappa shape index (κ3) is 4.44. The number of hydrogen-bond acceptors (Lipinski definition) is 5. The third-order valence-corrected chi connectivity index (χ3v) is 4.94. The van der Waals surface area contributed by atoms with E-state index < -0.39 is 10.0 Å². The van der Waals surface area contributed by atoms with E-state index in [1.807, 2.05) is 0 Å². The first-order chi connectivity index (χ1) is 7.95. The maximum absolute atomic E-state index is 11.4. The van der Waals surface area contributed by atoms with Crippen LogP contribution in [0.3, 0.4) is 0 Å². The van der Waals surface area contributed by atoms with Crippen molar-refractivity contribution < 1.29 is 8.42 Å². The van der Waals surface area contributed by atoms with E-state index in [0.29, 0.717) is 18.7 Å². The first-order valence-electron chi connectivity index (χ1n) is 5.04. The molecule has 0 aliphatic heterocycles. The minimum Gasteiger partial charge on any atom is -0.311 e. The molecular formula is C10H15N3O2S2. The lowest BCUT2D eigenvalue weighted by molar-refractivity contribution is 0.517. The topological polar surface area (TPSA) is 73.2 Å². The van der Waals surface area contributed by atoms with Gasteiger partial charge in [0.05, 0.1) is 11.3 Å². The van der Waals surface area contributed by atoms with Crippen molar-refractivity contribution >= 4 is 21.4 Å². The van der Waals surface area contributed by atoms with Crippen LogP contribution < -0.4 is 5.32 Å². The summed E-state index contributed by atoms with van der Waals surface area (Å²) in [6.45, 7) is 0.996. The molecule has 7 heteroatoms. The van der Waals surface area contributed by atoms with Gasteiger partial charge in [0.2, 0.25) is 10.0 Å². The second-order valence-electron chi connectivity index (χ2n) is 3.69. The van der Waals surface area contributed by atoms with Gasteiger partial charge in [-0.1, -0.05) is 0 Å². The van der Waals surface area contributed by atoms with Crippen molar-refractivity contribution in [3.8, 4) is 6.07 Å². The van der Waals surface area contributed by atoms with Crippen molar-refractivity contribution in [2.75, 3.05) is 26.4 Å². The summed E-state index contributed by atoms with van der Waals surface area (Å²) in [6, 6.07) is 3.86. The molecule has 0 unspecified atom stereocenters. The lowest BCUT2D eigenvalue weighted by Gasteiger charge is -2.11. The van der Waals surface area contributed by atoms with Crippen molar-refractivity contribution in [2.24, 2.45) is 0 Å². The molecule has 1 rings (SSSR count). The Morgan fingerprint density at radius 3 is 2.76 bits per heavy atom. The molecule has 0 bridgehead atoms. The summed E-state index contributed by atoms with van der Waals surface area (Å²) in [4.78, 5) is 1.03. The van der Waals surface area contributed by atoms with Gasteiger partial charge < -0.3 is 5.32 Å². The summed E-state index contributed by atoms with van der Waals surface area (Å²) in [7, 11) is -0.0869. The van der Waals surface area contributed by atoms with Crippen molar-refractivity contribution in [1.82, 2.24) is 9.62 Å². The number of sulfonamides is 1. The Labute approximate surface area is 106 Å². The Morgan fingerprint density at radius 2 is 2.24 bits per heavy atom. The standard InChI is InChI=1S/C10H15N3O2S2/c1-13(2)17(14,15)4-3-12-7-10-5-9(6-11)8-16-10/h5,8,12H,3-4,7H2,1-2H3. The van der Waals surface area contributed by atoms with Crippen LogP contribution in [-0.2, 0) is 16.6 Å². The first-order valence-corrected chi connectivity index (χ1v) is 7.53. The van der Waals surface area contributed by atoms with Crippen molar-refractivity contribution in [3.05, 3.63) is 21.9 Å². The summed E-state index contributed by atoms with van der Waals surface area (Å²) < 4.78 is 24.1. The highest BCUT2D eigenvalue weighted by Crippen LogP contribution is 2.13. The zero-order valence-electron chi connectivity index (χ0n) is 9.80. The first kappa shape index (κ1) is 14.1. The van der Waals surface area contributed by atoms with E-state index in [0.717, 1.165) is 4.88 Å². The molecular weight excluding hydrogens is 258 g/mol. The molecule has 1 aromatic heterocycles. The predicted octanol–water partition coefficient (Wildman–Crippen LogP) is 0.601. The molecule has 0 fully saturated rings. The molecule has 1 heterocycles. The second-order valence-corrected chi connectivity index (χ2v) is 6.99. The molecule has 94 valence electrons. The fourth-order valence-electron chi connectivity index (χ4n) is 1.13. The van der Waals surface area contributed by atoms with Gasteiger partial charge in [0.25, 0.3) is 0 Å². The number of nitrogens with zero attached hydrogens (tertiary/aromatic N) is 2. The molecule has 0 saturated heterocycles. The average Bonchev–Trinajstić information content (AvgIpc) is 2.72. The average molecular weight is 273 g/mol. The van der Waals surface area contributed by atoms with Gasteiger partial charge in [-0.05, 0) is 6.07 Å². The number of nitrogens with one attached hydrogen (secondary N) is 1. The highest BCUT2D eigenvalue weighted by Gasteiger charge is 2.12. The summed E-state index contributed by atoms with van der Waals surface area (Å²) in [5.41, 5.74) is 0.646. The van der Waals surface area contributed by atoms with E-state index >= 15 is 0 Å². The van der Waals surface area contributed by atoms with Crippen LogP contribution in [0.2, 0.25) is 0 Å². The largest absolute Gasteiger partial charge is 0.311 e. The van der Waals surface area contributed by atoms with Crippen molar-refractivity contribution in [3.63, 3.8) is 0 Å². The molecule has 0 radical (unpaired) electrons. The van der Waals surface area contributed by atoms with Crippen LogP contribution >= 0.6 is 11.3 Å². The molecule has 1 aromatic rings. The van der Waals surface area contributed by atoms with E-state index in [9.17, 15) is 8.42 Å². The van der Waals surface area contributed by atoms with E-state index in [-0.39, 0.29) is 5.75 Å². The summed E-state index contributed by atoms with van der Waals surface area (Å²) in [6.07, 6.45) is 0. The Bertz CT molecular complexity index is 500. The van der Waals surface area contributed by atoms with E-state index in [1.165, 1.54) is 29.7 Å². The van der Waals surface area contributed by atoms with Gasteiger partial charge in [-0.2, -0.15) is 5.26 Å². The monoisotopic (exact) mass is 273 g/mol. The lowest BCUT2D eigenvalue weighted by atomic mass is 10.3. The normalized spacial score (nSPS) is 11.6. The maximum Gasteiger partial charge on any atom is 0.214 e. The van der Waals surface area contributed by atoms with Crippen LogP contribution in [-0.4, -0.2) is 39.1 Å². The van der Waals surface area contributed by atoms with E-state index in [4.69, 9.17) is 5.26 Å². The van der Waals surface area contributed by atoms with Gasteiger partial charge in [-0.15, -0.1) is 11.3 Å². The minimum atomic E-state index is -3.13. The number of nitriles is 1. The molecule has 0 aliphatic rings. The van der Waals surface area contributed by atoms with Gasteiger partial charge in [-0.25, -0.2) is 12.7 Å². The van der Waals surface area contributed by atoms with Crippen LogP contribution in [0.4, 0.5) is 0 Å². The Balaban J connectivity index is 2.32. The molecule has 0 saturated carbocycles. The number of thiophene rings is 1. The smallest absolute Gasteiger partial charge is 0.214 e. The Kier molecular flexibility index (Phi) is 5.08. The summed E-state index contributed by atoms with van der Waals surface area (Å²) >= 11 is 1.49. The van der Waals surface area contributed by atoms with Gasteiger partial charge in [0.15, 0.2) is 0 Å². The number of rotatable bonds is 6. The van der Waals surface area contributed by atoms with E-state index in [2.05, 4.69) is 11.4 Å². The summed E-state index contributed by atoms with van der Waals surface area (Å²) in [5, 5.41) is 13.5. The van der Waals surface area contributed by atoms with Crippen LogP contribution in [0.1, 0.15) is 10.4 Å². The molecule has 0 amide bonds. The molecule has 0 atom stereocenters. The SMILES string of the molecule is CN(C)S(=O)(=O)CCNCc1cc(C#N)cs1. The predicted molar refractivity (Wildman–Crippen MR) is 68.2 cm³/mol. The van der Waals surface area contributed by atoms with Gasteiger partial charge in [0, 0.05) is 37.4 Å². The van der Waals surface area contributed by atoms with Crippen LogP contribution in [0, 0.1) is 11.3 Å².